The lowest BCUT2D eigenvalue weighted by Gasteiger charge is -2.39. The fraction of sp³-hybridized carbons (Fsp3) is 0.457. The molecule has 0 unspecified atom stereocenters. The third-order valence-corrected chi connectivity index (χ3v) is 12.6. The van der Waals surface area contributed by atoms with Crippen molar-refractivity contribution in [3.05, 3.63) is 95.1 Å². The second-order valence-corrected chi connectivity index (χ2v) is 20.0. The summed E-state index contributed by atoms with van der Waals surface area (Å²) in [5, 5.41) is 3.44. The van der Waals surface area contributed by atoms with Gasteiger partial charge in [-0.1, -0.05) is 74.5 Å². The van der Waals surface area contributed by atoms with Crippen LogP contribution in [0.1, 0.15) is 62.3 Å². The summed E-state index contributed by atoms with van der Waals surface area (Å²) in [6.07, 6.45) is 2.84. The van der Waals surface area contributed by atoms with Crippen LogP contribution in [0.15, 0.2) is 72.8 Å². The first-order chi connectivity index (χ1) is 20.9. The Morgan fingerprint density at radius 3 is 2.13 bits per heavy atom. The second-order valence-electron chi connectivity index (χ2n) is 13.8. The van der Waals surface area contributed by atoms with Gasteiger partial charge < -0.3 is 19.6 Å². The minimum atomic E-state index is -3.57. The van der Waals surface area contributed by atoms with E-state index in [0.29, 0.717) is 31.0 Å². The number of methoxy groups -OCH3 is 1. The highest BCUT2D eigenvalue weighted by atomic mass is 32.2. The summed E-state index contributed by atoms with van der Waals surface area (Å²) in [4.78, 5) is 22.8. The van der Waals surface area contributed by atoms with Crippen LogP contribution in [-0.2, 0) is 39.0 Å². The molecule has 0 amide bonds. The van der Waals surface area contributed by atoms with Crippen molar-refractivity contribution in [3.63, 3.8) is 0 Å². The number of hydrogen-bond acceptors (Lipinski definition) is 7. The van der Waals surface area contributed by atoms with Gasteiger partial charge in [0, 0.05) is 12.1 Å². The highest BCUT2D eigenvalue weighted by molar-refractivity contribution is 7.92. The lowest BCUT2D eigenvalue weighted by atomic mass is 9.87. The zero-order valence-corrected chi connectivity index (χ0v) is 29.8. The largest absolute Gasteiger partial charge is 0.487 e. The highest BCUT2D eigenvalue weighted by Gasteiger charge is 2.40. The first-order valence-electron chi connectivity index (χ1n) is 15.3. The van der Waals surface area contributed by atoms with Crippen LogP contribution < -0.4 is 14.8 Å². The third kappa shape index (κ3) is 11.6. The van der Waals surface area contributed by atoms with Gasteiger partial charge in [0.1, 0.15) is 12.4 Å². The average molecular weight is 655 g/mol. The van der Waals surface area contributed by atoms with E-state index in [1.807, 2.05) is 85.9 Å². The van der Waals surface area contributed by atoms with Crippen LogP contribution in [0.2, 0.25) is 18.1 Å². The second kappa shape index (κ2) is 14.9. The molecule has 0 saturated carbocycles. The molecule has 3 aromatic rings. The summed E-state index contributed by atoms with van der Waals surface area (Å²) in [7, 11) is -4.73. The van der Waals surface area contributed by atoms with Crippen molar-refractivity contribution in [3.8, 4) is 5.75 Å². The maximum Gasteiger partial charge on any atom is 0.309 e. The summed E-state index contributed by atoms with van der Waals surface area (Å²) < 4.78 is 38.2. The summed E-state index contributed by atoms with van der Waals surface area (Å²) in [5.41, 5.74) is 4.10. The van der Waals surface area contributed by atoms with E-state index in [1.54, 1.807) is 0 Å². The van der Waals surface area contributed by atoms with E-state index >= 15 is 0 Å². The number of sulfonamides is 1. The molecule has 0 bridgehead atoms. The van der Waals surface area contributed by atoms with E-state index < -0.39 is 18.3 Å². The van der Waals surface area contributed by atoms with E-state index in [9.17, 15) is 18.0 Å². The Balaban J connectivity index is 1.87. The zero-order valence-electron chi connectivity index (χ0n) is 27.9. The number of carbonyl (C=O) groups is 1. The number of anilines is 1. The van der Waals surface area contributed by atoms with Crippen LogP contribution in [0.5, 0.6) is 5.75 Å². The Kier molecular flexibility index (Phi) is 12.0. The van der Waals surface area contributed by atoms with E-state index in [1.165, 1.54) is 7.11 Å². The molecule has 0 radical (unpaired) electrons. The molecular weight excluding hydrogens is 605 g/mol. The maximum atomic E-state index is 12.4. The van der Waals surface area contributed by atoms with Gasteiger partial charge in [0.05, 0.1) is 25.5 Å². The molecule has 45 heavy (non-hydrogen) atoms. The standard InChI is InChI=1S/C35H50N2O6SSi/c1-34(2,22-27-16-14-26(15-17-27)20-33(38)42-5)36-24-30(23-35(3,4)45(7,8)41)29-18-19-32(31(21-29)37-44(6,39)40)43-25-28-12-10-9-11-13-28/h9-19,21,30,36-37,41H,20,22-25H2,1-8H3/t30-/m0/s1. The number of ether oxygens (including phenoxy) is 2. The van der Waals surface area contributed by atoms with Crippen LogP contribution in [0.25, 0.3) is 0 Å². The van der Waals surface area contributed by atoms with Gasteiger partial charge in [0.25, 0.3) is 0 Å². The van der Waals surface area contributed by atoms with Gasteiger partial charge in [0.15, 0.2) is 8.32 Å². The van der Waals surface area contributed by atoms with E-state index in [-0.39, 0.29) is 28.9 Å². The summed E-state index contributed by atoms with van der Waals surface area (Å²) in [6, 6.07) is 23.4. The van der Waals surface area contributed by atoms with Gasteiger partial charge in [-0.15, -0.1) is 0 Å². The Labute approximate surface area is 270 Å². The van der Waals surface area contributed by atoms with Gasteiger partial charge in [-0.3, -0.25) is 9.52 Å². The van der Waals surface area contributed by atoms with E-state index in [4.69, 9.17) is 9.47 Å². The minimum Gasteiger partial charge on any atom is -0.487 e. The SMILES string of the molecule is COC(=O)Cc1ccc(CC(C)(C)NC[C@H](CC(C)(C)[Si](C)(C)O)c2ccc(OCc3ccccc3)c(NS(C)(=O)=O)c2)cc1. The quantitative estimate of drug-likeness (QED) is 0.121. The number of esters is 1. The summed E-state index contributed by atoms with van der Waals surface area (Å²) >= 11 is 0. The van der Waals surface area contributed by atoms with E-state index in [0.717, 1.165) is 34.9 Å². The molecule has 10 heteroatoms. The molecule has 0 saturated heterocycles. The molecule has 3 aromatic carbocycles. The van der Waals surface area contributed by atoms with Crippen LogP contribution in [0.4, 0.5) is 5.69 Å². The first-order valence-corrected chi connectivity index (χ1v) is 20.1. The van der Waals surface area contributed by atoms with Crippen molar-refractivity contribution >= 4 is 30.0 Å². The highest BCUT2D eigenvalue weighted by Crippen LogP contribution is 2.45. The smallest absolute Gasteiger partial charge is 0.309 e. The molecule has 1 atom stereocenters. The minimum absolute atomic E-state index is 0.0242. The molecule has 8 nitrogen and oxygen atoms in total. The van der Waals surface area contributed by atoms with Crippen LogP contribution in [0.3, 0.4) is 0 Å². The third-order valence-electron chi connectivity index (χ3n) is 8.49. The fourth-order valence-corrected chi connectivity index (χ4v) is 6.41. The lowest BCUT2D eigenvalue weighted by Crippen LogP contribution is -2.45. The predicted octanol–water partition coefficient (Wildman–Crippen LogP) is 6.41. The Morgan fingerprint density at radius 2 is 1.56 bits per heavy atom. The van der Waals surface area contributed by atoms with Gasteiger partial charge in [-0.05, 0) is 85.1 Å². The summed E-state index contributed by atoms with van der Waals surface area (Å²) in [5.74, 6) is 0.161. The van der Waals surface area contributed by atoms with E-state index in [2.05, 4.69) is 37.7 Å². The van der Waals surface area contributed by atoms with Crippen molar-refractivity contribution in [1.29, 1.82) is 0 Å². The van der Waals surface area contributed by atoms with Gasteiger partial charge in [-0.2, -0.15) is 0 Å². The molecule has 0 fully saturated rings. The van der Waals surface area contributed by atoms with Gasteiger partial charge in [0.2, 0.25) is 10.0 Å². The summed E-state index contributed by atoms with van der Waals surface area (Å²) in [6.45, 7) is 13.4. The Bertz CT molecular complexity index is 1520. The monoisotopic (exact) mass is 654 g/mol. The van der Waals surface area contributed by atoms with Crippen molar-refractivity contribution in [2.75, 3.05) is 24.6 Å². The molecule has 0 aliphatic heterocycles. The number of rotatable bonds is 16. The molecule has 0 heterocycles. The number of nitrogens with one attached hydrogen (secondary N) is 2. The van der Waals surface area contributed by atoms with Crippen LogP contribution in [-0.4, -0.2) is 52.9 Å². The molecule has 3 N–H and O–H groups in total. The lowest BCUT2D eigenvalue weighted by molar-refractivity contribution is -0.139. The fourth-order valence-electron chi connectivity index (χ4n) is 5.10. The molecule has 0 aliphatic rings. The maximum absolute atomic E-state index is 12.4. The molecule has 0 spiro atoms. The topological polar surface area (TPSA) is 114 Å². The van der Waals surface area contributed by atoms with Crippen molar-refractivity contribution < 1.29 is 27.5 Å². The molecule has 3 rings (SSSR count). The molecular formula is C35H50N2O6SSi. The predicted molar refractivity (Wildman–Crippen MR) is 185 cm³/mol. The first kappa shape index (κ1) is 36.3. The normalized spacial score (nSPS) is 13.3. The molecule has 246 valence electrons. The number of carbonyl (C=O) groups excluding carboxylic acids is 1. The molecule has 0 aliphatic carbocycles. The van der Waals surface area contributed by atoms with Crippen molar-refractivity contribution in [2.45, 2.75) is 83.2 Å². The number of hydrogen-bond donors (Lipinski definition) is 3. The number of benzene rings is 3. The van der Waals surface area contributed by atoms with Gasteiger partial charge >= 0.3 is 5.97 Å². The average Bonchev–Trinajstić information content (AvgIpc) is 2.94. The zero-order chi connectivity index (χ0) is 33.5. The van der Waals surface area contributed by atoms with Crippen molar-refractivity contribution in [2.24, 2.45) is 0 Å². The Hall–Kier alpha value is -3.18. The van der Waals surface area contributed by atoms with Crippen LogP contribution in [0, 0.1) is 0 Å². The Morgan fingerprint density at radius 1 is 0.933 bits per heavy atom. The molecule has 0 aromatic heterocycles. The van der Waals surface area contributed by atoms with Crippen molar-refractivity contribution in [1.82, 2.24) is 5.32 Å². The van der Waals surface area contributed by atoms with Gasteiger partial charge in [-0.25, -0.2) is 8.42 Å². The van der Waals surface area contributed by atoms with Crippen LogP contribution >= 0.6 is 0 Å².